The monoisotopic (exact) mass is 298 g/mol. The maximum absolute atomic E-state index is 11.1. The lowest BCUT2D eigenvalue weighted by molar-refractivity contribution is 0.220. The Morgan fingerprint density at radius 1 is 0.739 bits per heavy atom. The minimum atomic E-state index is -0.625. The van der Waals surface area contributed by atoms with Gasteiger partial charge in [-0.05, 0) is 27.5 Å². The highest BCUT2D eigenvalue weighted by atomic mass is 16.3. The fourth-order valence-corrected chi connectivity index (χ4v) is 3.35. The average molecular weight is 298 g/mol. The molecule has 1 heteroatoms. The van der Waals surface area contributed by atoms with Gasteiger partial charge in [0, 0.05) is 5.92 Å². The van der Waals surface area contributed by atoms with E-state index in [2.05, 4.69) is 48.6 Å². The quantitative estimate of drug-likeness (QED) is 0.710. The normalized spacial score (nSPS) is 15.3. The lowest BCUT2D eigenvalue weighted by Gasteiger charge is -2.21. The van der Waals surface area contributed by atoms with E-state index in [1.807, 2.05) is 42.5 Å². The minimum absolute atomic E-state index is 0.230. The molecule has 112 valence electrons. The first-order valence-electron chi connectivity index (χ1n) is 7.94. The Morgan fingerprint density at radius 3 is 2.22 bits per heavy atom. The van der Waals surface area contributed by atoms with Crippen molar-refractivity contribution >= 4 is 10.8 Å². The molecule has 0 heterocycles. The van der Waals surface area contributed by atoms with Gasteiger partial charge in [-0.2, -0.15) is 0 Å². The molecule has 23 heavy (non-hydrogen) atoms. The Hall–Kier alpha value is -2.64. The molecule has 0 radical (unpaired) electrons. The van der Waals surface area contributed by atoms with Gasteiger partial charge in [-0.25, -0.2) is 0 Å². The van der Waals surface area contributed by atoms with E-state index >= 15 is 0 Å². The summed E-state index contributed by atoms with van der Waals surface area (Å²) in [4.78, 5) is 0. The van der Waals surface area contributed by atoms with Crippen LogP contribution >= 0.6 is 0 Å². The molecule has 1 unspecified atom stereocenters. The second-order valence-electron chi connectivity index (χ2n) is 5.90. The van der Waals surface area contributed by atoms with Crippen molar-refractivity contribution in [3.63, 3.8) is 0 Å². The second-order valence-corrected chi connectivity index (χ2v) is 5.90. The van der Waals surface area contributed by atoms with E-state index in [0.29, 0.717) is 0 Å². The van der Waals surface area contributed by atoms with E-state index in [1.54, 1.807) is 0 Å². The molecule has 4 rings (SSSR count). The van der Waals surface area contributed by atoms with Gasteiger partial charge < -0.3 is 5.11 Å². The van der Waals surface area contributed by atoms with Crippen molar-refractivity contribution in [2.24, 2.45) is 0 Å². The summed E-state index contributed by atoms with van der Waals surface area (Å²) in [7, 11) is 0. The Labute approximate surface area is 136 Å². The zero-order chi connectivity index (χ0) is 15.6. The molecule has 0 saturated heterocycles. The zero-order valence-corrected chi connectivity index (χ0v) is 12.8. The third-order valence-corrected chi connectivity index (χ3v) is 4.50. The van der Waals surface area contributed by atoms with Crippen molar-refractivity contribution in [3.05, 3.63) is 108 Å². The molecule has 1 aliphatic carbocycles. The Kier molecular flexibility index (Phi) is 3.57. The van der Waals surface area contributed by atoms with Crippen LogP contribution in [0.25, 0.3) is 10.8 Å². The summed E-state index contributed by atoms with van der Waals surface area (Å²) in [6.07, 6.45) is 7.85. The fraction of sp³-hybridized carbons (Fsp3) is 0.0909. The van der Waals surface area contributed by atoms with E-state index in [9.17, 15) is 5.11 Å². The summed E-state index contributed by atoms with van der Waals surface area (Å²) in [5.74, 6) is 0.230. The highest BCUT2D eigenvalue weighted by molar-refractivity contribution is 5.88. The number of aliphatic hydroxyl groups excluding tert-OH is 1. The molecule has 0 aromatic heterocycles. The maximum Gasteiger partial charge on any atom is 0.105 e. The molecule has 0 fully saturated rings. The van der Waals surface area contributed by atoms with Crippen LogP contribution in [0.1, 0.15) is 28.7 Å². The van der Waals surface area contributed by atoms with Gasteiger partial charge in [0.15, 0.2) is 0 Å². The summed E-state index contributed by atoms with van der Waals surface area (Å²) in [6, 6.07) is 22.4. The number of allylic oxidation sites excluding steroid dienone is 4. The second kappa shape index (κ2) is 5.86. The van der Waals surface area contributed by atoms with E-state index < -0.39 is 6.10 Å². The van der Waals surface area contributed by atoms with Crippen molar-refractivity contribution in [2.45, 2.75) is 12.0 Å². The Morgan fingerprint density at radius 2 is 1.43 bits per heavy atom. The first-order valence-corrected chi connectivity index (χ1v) is 7.94. The number of benzene rings is 3. The molecule has 0 spiro atoms. The molecular weight excluding hydrogens is 280 g/mol. The summed E-state index contributed by atoms with van der Waals surface area (Å²) in [5, 5.41) is 13.4. The first-order chi connectivity index (χ1) is 11.3. The molecular formula is C22H18O. The molecule has 0 aliphatic heterocycles. The van der Waals surface area contributed by atoms with Gasteiger partial charge in [-0.15, -0.1) is 0 Å². The molecule has 1 nitrogen and oxygen atoms in total. The lowest BCUT2D eigenvalue weighted by Crippen LogP contribution is -2.06. The van der Waals surface area contributed by atoms with Crippen LogP contribution in [0.5, 0.6) is 0 Å². The van der Waals surface area contributed by atoms with E-state index in [4.69, 9.17) is 0 Å². The fourth-order valence-electron chi connectivity index (χ4n) is 3.35. The summed E-state index contributed by atoms with van der Waals surface area (Å²) in [6.45, 7) is 0. The lowest BCUT2D eigenvalue weighted by atomic mass is 9.86. The van der Waals surface area contributed by atoms with Gasteiger partial charge in [0.2, 0.25) is 0 Å². The van der Waals surface area contributed by atoms with Gasteiger partial charge in [-0.1, -0.05) is 91.0 Å². The van der Waals surface area contributed by atoms with Crippen molar-refractivity contribution in [1.82, 2.24) is 0 Å². The van der Waals surface area contributed by atoms with E-state index in [1.165, 1.54) is 5.56 Å². The SMILES string of the molecule is OC(c1ccccc1)c1c(C2C=CC=C2)ccc2ccccc12. The standard InChI is InChI=1S/C22H18O/c23-22(18-11-2-1-3-12-18)21-19-13-7-6-10-17(19)14-15-20(21)16-8-4-5-9-16/h1-16,22-23H. The van der Waals surface area contributed by atoms with Crippen LogP contribution in [-0.4, -0.2) is 5.11 Å². The number of rotatable bonds is 3. The molecule has 1 N–H and O–H groups in total. The third-order valence-electron chi connectivity index (χ3n) is 4.50. The van der Waals surface area contributed by atoms with Crippen molar-refractivity contribution in [2.75, 3.05) is 0 Å². The van der Waals surface area contributed by atoms with Crippen LogP contribution in [-0.2, 0) is 0 Å². The van der Waals surface area contributed by atoms with Crippen LogP contribution in [0.3, 0.4) is 0 Å². The van der Waals surface area contributed by atoms with Crippen LogP contribution in [0, 0.1) is 0 Å². The van der Waals surface area contributed by atoms with Gasteiger partial charge in [-0.3, -0.25) is 0 Å². The maximum atomic E-state index is 11.1. The highest BCUT2D eigenvalue weighted by Gasteiger charge is 2.21. The van der Waals surface area contributed by atoms with Gasteiger partial charge >= 0.3 is 0 Å². The van der Waals surface area contributed by atoms with Crippen LogP contribution in [0.2, 0.25) is 0 Å². The minimum Gasteiger partial charge on any atom is -0.384 e. The molecule has 0 bridgehead atoms. The predicted molar refractivity (Wildman–Crippen MR) is 95.5 cm³/mol. The summed E-state index contributed by atoms with van der Waals surface area (Å²) < 4.78 is 0. The molecule has 0 saturated carbocycles. The van der Waals surface area contributed by atoms with Gasteiger partial charge in [0.25, 0.3) is 0 Å². The smallest absolute Gasteiger partial charge is 0.105 e. The Balaban J connectivity index is 1.96. The first kappa shape index (κ1) is 14.0. The molecule has 0 amide bonds. The van der Waals surface area contributed by atoms with Crippen LogP contribution in [0.4, 0.5) is 0 Å². The number of aliphatic hydroxyl groups is 1. The molecule has 1 atom stereocenters. The predicted octanol–water partition coefficient (Wildman–Crippen LogP) is 5.13. The van der Waals surface area contributed by atoms with Crippen LogP contribution in [0.15, 0.2) is 91.0 Å². The van der Waals surface area contributed by atoms with Gasteiger partial charge in [0.1, 0.15) is 6.10 Å². The number of fused-ring (bicyclic) bond motifs is 1. The largest absolute Gasteiger partial charge is 0.384 e. The number of hydrogen-bond donors (Lipinski definition) is 1. The molecule has 3 aromatic rings. The Bertz CT molecular complexity index is 878. The summed E-state index contributed by atoms with van der Waals surface area (Å²) in [5.41, 5.74) is 3.11. The third kappa shape index (κ3) is 2.49. The topological polar surface area (TPSA) is 20.2 Å². The zero-order valence-electron chi connectivity index (χ0n) is 12.8. The van der Waals surface area contributed by atoms with Crippen LogP contribution < -0.4 is 0 Å². The number of hydrogen-bond acceptors (Lipinski definition) is 1. The van der Waals surface area contributed by atoms with Crippen molar-refractivity contribution < 1.29 is 5.11 Å². The van der Waals surface area contributed by atoms with Crippen molar-refractivity contribution in [3.8, 4) is 0 Å². The van der Waals surface area contributed by atoms with E-state index in [-0.39, 0.29) is 5.92 Å². The highest BCUT2D eigenvalue weighted by Crippen LogP contribution is 2.37. The molecule has 3 aromatic carbocycles. The van der Waals surface area contributed by atoms with E-state index in [0.717, 1.165) is 21.9 Å². The summed E-state index contributed by atoms with van der Waals surface area (Å²) >= 11 is 0. The molecule has 1 aliphatic rings. The average Bonchev–Trinajstić information content (AvgIpc) is 3.15. The van der Waals surface area contributed by atoms with Gasteiger partial charge in [0.05, 0.1) is 0 Å². The van der Waals surface area contributed by atoms with Crippen molar-refractivity contribution in [1.29, 1.82) is 0 Å².